The van der Waals surface area contributed by atoms with Gasteiger partial charge in [-0.15, -0.1) is 0 Å². The van der Waals surface area contributed by atoms with Crippen LogP contribution in [0.1, 0.15) is 24.8 Å². The first kappa shape index (κ1) is 16.6. The van der Waals surface area contributed by atoms with Crippen LogP contribution in [0.5, 0.6) is 0 Å². The van der Waals surface area contributed by atoms with E-state index in [2.05, 4.69) is 15.9 Å². The SMILES string of the molecule is CN(CCCCCO)S(=O)(=O)c1ccc(CBr)cc1. The van der Waals surface area contributed by atoms with E-state index < -0.39 is 10.0 Å². The third-order valence-electron chi connectivity index (χ3n) is 2.92. The van der Waals surface area contributed by atoms with Crippen LogP contribution in [0.4, 0.5) is 0 Å². The van der Waals surface area contributed by atoms with E-state index in [1.165, 1.54) is 4.31 Å². The topological polar surface area (TPSA) is 57.6 Å². The molecule has 0 aromatic heterocycles. The summed E-state index contributed by atoms with van der Waals surface area (Å²) in [4.78, 5) is 0.321. The number of sulfonamides is 1. The second-order valence-electron chi connectivity index (χ2n) is 4.39. The monoisotopic (exact) mass is 349 g/mol. The molecule has 0 amide bonds. The van der Waals surface area contributed by atoms with E-state index >= 15 is 0 Å². The van der Waals surface area contributed by atoms with Crippen LogP contribution in [0.25, 0.3) is 0 Å². The molecule has 0 saturated carbocycles. The maximum Gasteiger partial charge on any atom is 0.242 e. The minimum Gasteiger partial charge on any atom is -0.396 e. The van der Waals surface area contributed by atoms with Gasteiger partial charge < -0.3 is 5.11 Å². The van der Waals surface area contributed by atoms with Crippen molar-refractivity contribution in [2.45, 2.75) is 29.5 Å². The summed E-state index contributed by atoms with van der Waals surface area (Å²) in [6.07, 6.45) is 2.31. The summed E-state index contributed by atoms with van der Waals surface area (Å²) in [5, 5.41) is 9.40. The van der Waals surface area contributed by atoms with Gasteiger partial charge in [0.15, 0.2) is 0 Å². The number of rotatable bonds is 8. The lowest BCUT2D eigenvalue weighted by Crippen LogP contribution is -2.28. The molecule has 0 aliphatic heterocycles. The average molecular weight is 350 g/mol. The van der Waals surface area contributed by atoms with E-state index in [1.54, 1.807) is 31.3 Å². The number of unbranched alkanes of at least 4 members (excludes halogenated alkanes) is 2. The van der Waals surface area contributed by atoms with Crippen molar-refractivity contribution < 1.29 is 13.5 Å². The number of hydrogen-bond donors (Lipinski definition) is 1. The van der Waals surface area contributed by atoms with Crippen LogP contribution in [-0.2, 0) is 15.4 Å². The molecule has 19 heavy (non-hydrogen) atoms. The molecule has 0 bridgehead atoms. The Morgan fingerprint density at radius 3 is 2.32 bits per heavy atom. The largest absolute Gasteiger partial charge is 0.396 e. The molecule has 1 N–H and O–H groups in total. The van der Waals surface area contributed by atoms with Crippen molar-refractivity contribution in [1.82, 2.24) is 4.31 Å². The lowest BCUT2D eigenvalue weighted by atomic mass is 10.2. The van der Waals surface area contributed by atoms with Gasteiger partial charge in [0, 0.05) is 25.5 Å². The van der Waals surface area contributed by atoms with Crippen LogP contribution in [0.15, 0.2) is 29.2 Å². The predicted octanol–water partition coefficient (Wildman–Crippen LogP) is 2.36. The summed E-state index contributed by atoms with van der Waals surface area (Å²) in [7, 11) is -1.81. The molecule has 1 rings (SSSR count). The van der Waals surface area contributed by atoms with Gasteiger partial charge in [-0.25, -0.2) is 12.7 Å². The van der Waals surface area contributed by atoms with Crippen molar-refractivity contribution in [1.29, 1.82) is 0 Å². The predicted molar refractivity (Wildman–Crippen MR) is 79.8 cm³/mol. The molecular formula is C13H20BrNO3S. The van der Waals surface area contributed by atoms with Crippen LogP contribution in [0.2, 0.25) is 0 Å². The molecule has 1 aromatic rings. The summed E-state index contributed by atoms with van der Waals surface area (Å²) in [5.74, 6) is 0. The molecule has 0 spiro atoms. The highest BCUT2D eigenvalue weighted by atomic mass is 79.9. The molecular weight excluding hydrogens is 330 g/mol. The van der Waals surface area contributed by atoms with E-state index in [0.717, 1.165) is 18.4 Å². The second kappa shape index (κ2) is 7.99. The van der Waals surface area contributed by atoms with Gasteiger partial charge in [0.05, 0.1) is 4.90 Å². The summed E-state index contributed by atoms with van der Waals surface area (Å²) in [6, 6.07) is 6.88. The first-order valence-corrected chi connectivity index (χ1v) is 8.80. The van der Waals surface area contributed by atoms with Crippen molar-refractivity contribution in [2.24, 2.45) is 0 Å². The van der Waals surface area contributed by atoms with Gasteiger partial charge in [0.25, 0.3) is 0 Å². The van der Waals surface area contributed by atoms with Crippen molar-refractivity contribution in [3.8, 4) is 0 Å². The number of aliphatic hydroxyl groups excluding tert-OH is 1. The molecule has 0 aliphatic rings. The smallest absolute Gasteiger partial charge is 0.242 e. The third kappa shape index (κ3) is 4.87. The lowest BCUT2D eigenvalue weighted by molar-refractivity contribution is 0.281. The molecule has 0 atom stereocenters. The molecule has 0 aliphatic carbocycles. The maximum absolute atomic E-state index is 12.3. The molecule has 0 saturated heterocycles. The van der Waals surface area contributed by atoms with Crippen molar-refractivity contribution in [2.75, 3.05) is 20.2 Å². The number of benzene rings is 1. The Balaban J connectivity index is 2.67. The van der Waals surface area contributed by atoms with E-state index in [0.29, 0.717) is 23.2 Å². The Hall–Kier alpha value is -0.430. The molecule has 4 nitrogen and oxygen atoms in total. The van der Waals surface area contributed by atoms with Crippen molar-refractivity contribution >= 4 is 26.0 Å². The van der Waals surface area contributed by atoms with Crippen LogP contribution in [0, 0.1) is 0 Å². The summed E-state index contributed by atoms with van der Waals surface area (Å²) >= 11 is 3.33. The second-order valence-corrected chi connectivity index (χ2v) is 6.99. The number of hydrogen-bond acceptors (Lipinski definition) is 3. The Kier molecular flexibility index (Phi) is 6.99. The highest BCUT2D eigenvalue weighted by Crippen LogP contribution is 2.17. The van der Waals surface area contributed by atoms with Gasteiger partial charge in [-0.3, -0.25) is 0 Å². The van der Waals surface area contributed by atoms with Gasteiger partial charge in [-0.2, -0.15) is 0 Å². The summed E-state index contributed by atoms with van der Waals surface area (Å²) < 4.78 is 25.9. The Labute approximate surface area is 123 Å². The average Bonchev–Trinajstić information content (AvgIpc) is 2.43. The van der Waals surface area contributed by atoms with Crippen molar-refractivity contribution in [3.63, 3.8) is 0 Å². The quantitative estimate of drug-likeness (QED) is 0.578. The Morgan fingerprint density at radius 2 is 1.79 bits per heavy atom. The fourth-order valence-electron chi connectivity index (χ4n) is 1.67. The molecule has 108 valence electrons. The molecule has 0 radical (unpaired) electrons. The van der Waals surface area contributed by atoms with Crippen LogP contribution >= 0.6 is 15.9 Å². The van der Waals surface area contributed by atoms with E-state index in [4.69, 9.17) is 5.11 Å². The van der Waals surface area contributed by atoms with Crippen LogP contribution < -0.4 is 0 Å². The molecule has 0 fully saturated rings. The zero-order valence-corrected chi connectivity index (χ0v) is 13.5. The zero-order chi connectivity index (χ0) is 14.3. The Morgan fingerprint density at radius 1 is 1.16 bits per heavy atom. The summed E-state index contributed by atoms with van der Waals surface area (Å²) in [6.45, 7) is 0.632. The first-order valence-electron chi connectivity index (χ1n) is 6.24. The zero-order valence-electron chi connectivity index (χ0n) is 11.0. The van der Waals surface area contributed by atoms with Gasteiger partial charge in [0.2, 0.25) is 10.0 Å². The fourth-order valence-corrected chi connectivity index (χ4v) is 3.26. The summed E-state index contributed by atoms with van der Waals surface area (Å²) in [5.41, 5.74) is 1.05. The van der Waals surface area contributed by atoms with Gasteiger partial charge in [-0.1, -0.05) is 28.1 Å². The molecule has 1 aromatic carbocycles. The fraction of sp³-hybridized carbons (Fsp3) is 0.538. The molecule has 0 unspecified atom stereocenters. The van der Waals surface area contributed by atoms with Crippen molar-refractivity contribution in [3.05, 3.63) is 29.8 Å². The highest BCUT2D eigenvalue weighted by Gasteiger charge is 2.19. The number of halogens is 1. The molecule has 0 heterocycles. The molecule has 6 heteroatoms. The Bertz CT molecular complexity index is 473. The van der Waals surface area contributed by atoms with E-state index in [9.17, 15) is 8.42 Å². The number of alkyl halides is 1. The first-order chi connectivity index (χ1) is 9.02. The van der Waals surface area contributed by atoms with Gasteiger partial charge in [-0.05, 0) is 37.0 Å². The normalized spacial score (nSPS) is 12.0. The standard InChI is InChI=1S/C13H20BrNO3S/c1-15(9-3-2-4-10-16)19(17,18)13-7-5-12(11-14)6-8-13/h5-8,16H,2-4,9-11H2,1H3. The van der Waals surface area contributed by atoms with Gasteiger partial charge in [0.1, 0.15) is 0 Å². The van der Waals surface area contributed by atoms with Crippen LogP contribution in [0.3, 0.4) is 0 Å². The van der Waals surface area contributed by atoms with E-state index in [1.807, 2.05) is 0 Å². The number of aliphatic hydroxyl groups is 1. The highest BCUT2D eigenvalue weighted by molar-refractivity contribution is 9.08. The minimum absolute atomic E-state index is 0.157. The van der Waals surface area contributed by atoms with Gasteiger partial charge >= 0.3 is 0 Å². The van der Waals surface area contributed by atoms with E-state index in [-0.39, 0.29) is 6.61 Å². The lowest BCUT2D eigenvalue weighted by Gasteiger charge is -2.17. The minimum atomic E-state index is -3.40. The maximum atomic E-state index is 12.3. The van der Waals surface area contributed by atoms with Crippen LogP contribution in [-0.4, -0.2) is 38.0 Å². The third-order valence-corrected chi connectivity index (χ3v) is 5.44. The number of nitrogens with zero attached hydrogens (tertiary/aromatic N) is 1.